The van der Waals surface area contributed by atoms with E-state index < -0.39 is 22.8 Å². The van der Waals surface area contributed by atoms with E-state index >= 15 is 0 Å². The molecule has 1 heterocycles. The Kier molecular flexibility index (Phi) is 6.26. The number of ether oxygens (including phenoxy) is 1. The Labute approximate surface area is 158 Å². The lowest BCUT2D eigenvalue weighted by atomic mass is 10.2. The third-order valence-electron chi connectivity index (χ3n) is 3.57. The number of carbonyl (C=O) groups excluding carboxylic acids is 2. The fraction of sp³-hybridized carbons (Fsp3) is 0.250. The van der Waals surface area contributed by atoms with Crippen molar-refractivity contribution < 1.29 is 24.1 Å². The van der Waals surface area contributed by atoms with E-state index in [1.165, 1.54) is 25.1 Å². The van der Waals surface area contributed by atoms with Gasteiger partial charge in [-0.15, -0.1) is 0 Å². The zero-order valence-electron chi connectivity index (χ0n) is 15.1. The van der Waals surface area contributed by atoms with E-state index in [4.69, 9.17) is 21.0 Å². The van der Waals surface area contributed by atoms with Crippen LogP contribution < -0.4 is 16.2 Å². The third-order valence-corrected chi connectivity index (χ3v) is 3.57. The molecular formula is C16H18N6O6. The standard InChI is InChI=1S/C16H18N6O6/c1-9-7-14(22(25)26)19-21(9)10(2)16(24)28-20-15(18)11-3-5-12(6-4-11)27-8-13(17)23/h3-7,10H,8H2,1-2H3,(H2,17,23)(H2,18,20). The Morgan fingerprint density at radius 3 is 2.50 bits per heavy atom. The van der Waals surface area contributed by atoms with Gasteiger partial charge in [-0.3, -0.25) is 4.79 Å². The summed E-state index contributed by atoms with van der Waals surface area (Å²) in [6.07, 6.45) is 0. The van der Waals surface area contributed by atoms with Crippen LogP contribution in [0.4, 0.5) is 5.82 Å². The van der Waals surface area contributed by atoms with Crippen LogP contribution in [0.3, 0.4) is 0 Å². The number of nitrogens with zero attached hydrogens (tertiary/aromatic N) is 4. The Balaban J connectivity index is 2.02. The number of hydrogen-bond acceptors (Lipinski definition) is 8. The van der Waals surface area contributed by atoms with E-state index in [9.17, 15) is 19.7 Å². The van der Waals surface area contributed by atoms with Crippen molar-refractivity contribution in [3.05, 3.63) is 51.7 Å². The fourth-order valence-corrected chi connectivity index (χ4v) is 2.15. The maximum absolute atomic E-state index is 12.1. The molecule has 28 heavy (non-hydrogen) atoms. The number of benzene rings is 1. The van der Waals surface area contributed by atoms with E-state index in [0.29, 0.717) is 17.0 Å². The van der Waals surface area contributed by atoms with Crippen molar-refractivity contribution in [1.82, 2.24) is 9.78 Å². The molecule has 0 bridgehead atoms. The zero-order chi connectivity index (χ0) is 20.8. The highest BCUT2D eigenvalue weighted by atomic mass is 16.7. The fourth-order valence-electron chi connectivity index (χ4n) is 2.15. The second kappa shape index (κ2) is 8.62. The Hall–Kier alpha value is -3.96. The molecule has 0 radical (unpaired) electrons. The van der Waals surface area contributed by atoms with Gasteiger partial charge in [-0.2, -0.15) is 4.68 Å². The average molecular weight is 390 g/mol. The van der Waals surface area contributed by atoms with Gasteiger partial charge in [0.15, 0.2) is 18.5 Å². The summed E-state index contributed by atoms with van der Waals surface area (Å²) in [5.74, 6) is -1.46. The van der Waals surface area contributed by atoms with E-state index in [1.807, 2.05) is 0 Å². The SMILES string of the molecule is Cc1cc([N+](=O)[O-])nn1C(C)C(=O)O/N=C(\N)c1ccc(OCC(N)=O)cc1. The van der Waals surface area contributed by atoms with Crippen molar-refractivity contribution in [1.29, 1.82) is 0 Å². The van der Waals surface area contributed by atoms with Crippen molar-refractivity contribution in [3.8, 4) is 5.75 Å². The molecule has 0 spiro atoms. The number of aromatic nitrogens is 2. The second-order valence-corrected chi connectivity index (χ2v) is 5.69. The molecule has 4 N–H and O–H groups in total. The van der Waals surface area contributed by atoms with Gasteiger partial charge < -0.3 is 31.2 Å². The lowest BCUT2D eigenvalue weighted by Crippen LogP contribution is -2.22. The number of nitro groups is 1. The third kappa shape index (κ3) is 5.03. The topological polar surface area (TPSA) is 178 Å². The highest BCUT2D eigenvalue weighted by Gasteiger charge is 2.26. The van der Waals surface area contributed by atoms with E-state index in [1.54, 1.807) is 19.1 Å². The molecule has 148 valence electrons. The number of aryl methyl sites for hydroxylation is 1. The number of amides is 1. The molecule has 12 heteroatoms. The molecule has 1 atom stereocenters. The van der Waals surface area contributed by atoms with E-state index in [2.05, 4.69) is 10.3 Å². The maximum Gasteiger partial charge on any atom is 0.390 e. The van der Waals surface area contributed by atoms with Crippen LogP contribution in [0.2, 0.25) is 0 Å². The minimum absolute atomic E-state index is 0.0785. The second-order valence-electron chi connectivity index (χ2n) is 5.69. The summed E-state index contributed by atoms with van der Waals surface area (Å²) < 4.78 is 6.28. The number of carbonyl (C=O) groups is 2. The molecule has 12 nitrogen and oxygen atoms in total. The number of amidine groups is 1. The molecule has 2 aromatic rings. The van der Waals surface area contributed by atoms with Crippen LogP contribution >= 0.6 is 0 Å². The summed E-state index contributed by atoms with van der Waals surface area (Å²) in [6.45, 7) is 2.77. The Morgan fingerprint density at radius 1 is 1.32 bits per heavy atom. The van der Waals surface area contributed by atoms with Crippen LogP contribution in [-0.2, 0) is 14.4 Å². The summed E-state index contributed by atoms with van der Waals surface area (Å²) in [7, 11) is 0. The van der Waals surface area contributed by atoms with E-state index in [0.717, 1.165) is 4.68 Å². The van der Waals surface area contributed by atoms with Crippen LogP contribution in [0.25, 0.3) is 0 Å². The molecule has 0 fully saturated rings. The van der Waals surface area contributed by atoms with Crippen LogP contribution in [0, 0.1) is 17.0 Å². The molecule has 1 unspecified atom stereocenters. The van der Waals surface area contributed by atoms with Gasteiger partial charge >= 0.3 is 11.8 Å². The first kappa shape index (κ1) is 20.4. The zero-order valence-corrected chi connectivity index (χ0v) is 15.1. The predicted molar refractivity (Wildman–Crippen MR) is 96.3 cm³/mol. The molecule has 0 aliphatic heterocycles. The van der Waals surface area contributed by atoms with Crippen LogP contribution in [0.15, 0.2) is 35.5 Å². The first-order chi connectivity index (χ1) is 13.2. The van der Waals surface area contributed by atoms with Gasteiger partial charge in [-0.1, -0.05) is 5.16 Å². The number of nitrogens with two attached hydrogens (primary N) is 2. The van der Waals surface area contributed by atoms with Crippen LogP contribution in [0.1, 0.15) is 24.2 Å². The highest BCUT2D eigenvalue weighted by molar-refractivity contribution is 5.97. The van der Waals surface area contributed by atoms with E-state index in [-0.39, 0.29) is 18.3 Å². The normalized spacial score (nSPS) is 12.3. The lowest BCUT2D eigenvalue weighted by molar-refractivity contribution is -0.389. The molecule has 0 saturated heterocycles. The van der Waals surface area contributed by atoms with Gasteiger partial charge in [-0.25, -0.2) is 4.79 Å². The summed E-state index contributed by atoms with van der Waals surface area (Å²) in [6, 6.07) is 6.47. The van der Waals surface area contributed by atoms with Gasteiger partial charge in [0.25, 0.3) is 5.91 Å². The minimum Gasteiger partial charge on any atom is -0.484 e. The van der Waals surface area contributed by atoms with Gasteiger partial charge in [0.2, 0.25) is 0 Å². The minimum atomic E-state index is -0.949. The summed E-state index contributed by atoms with van der Waals surface area (Å²) >= 11 is 0. The molecule has 0 aliphatic carbocycles. The Bertz CT molecular complexity index is 920. The van der Waals surface area contributed by atoms with Gasteiger partial charge in [0.1, 0.15) is 5.75 Å². The van der Waals surface area contributed by atoms with Gasteiger partial charge in [0.05, 0.1) is 16.9 Å². The van der Waals surface area contributed by atoms with Crippen molar-refractivity contribution in [3.63, 3.8) is 0 Å². The maximum atomic E-state index is 12.1. The largest absolute Gasteiger partial charge is 0.484 e. The Morgan fingerprint density at radius 2 is 1.96 bits per heavy atom. The highest BCUT2D eigenvalue weighted by Crippen LogP contribution is 2.17. The van der Waals surface area contributed by atoms with Crippen LogP contribution in [-0.4, -0.2) is 39.0 Å². The molecule has 2 rings (SSSR count). The molecule has 1 aromatic heterocycles. The quantitative estimate of drug-likeness (QED) is 0.213. The summed E-state index contributed by atoms with van der Waals surface area (Å²) in [5.41, 5.74) is 11.6. The molecule has 1 amide bonds. The number of primary amides is 1. The number of rotatable bonds is 8. The first-order valence-corrected chi connectivity index (χ1v) is 7.95. The van der Waals surface area contributed by atoms with Gasteiger partial charge in [0, 0.05) is 5.56 Å². The van der Waals surface area contributed by atoms with Crippen molar-refractivity contribution in [2.45, 2.75) is 19.9 Å². The molecular weight excluding hydrogens is 372 g/mol. The molecule has 0 aliphatic rings. The predicted octanol–water partition coefficient (Wildman–Crippen LogP) is 0.389. The van der Waals surface area contributed by atoms with Crippen molar-refractivity contribution >= 4 is 23.5 Å². The summed E-state index contributed by atoms with van der Waals surface area (Å²) in [4.78, 5) is 37.7. The average Bonchev–Trinajstić information content (AvgIpc) is 3.06. The lowest BCUT2D eigenvalue weighted by Gasteiger charge is -2.08. The smallest absolute Gasteiger partial charge is 0.390 e. The van der Waals surface area contributed by atoms with Gasteiger partial charge in [-0.05, 0) is 43.0 Å². The molecule has 0 saturated carbocycles. The number of oxime groups is 1. The summed E-state index contributed by atoms with van der Waals surface area (Å²) in [5, 5.41) is 18.1. The first-order valence-electron chi connectivity index (χ1n) is 7.95. The number of hydrogen-bond donors (Lipinski definition) is 2. The molecule has 1 aromatic carbocycles. The van der Waals surface area contributed by atoms with Crippen molar-refractivity contribution in [2.24, 2.45) is 16.6 Å². The monoisotopic (exact) mass is 390 g/mol. The van der Waals surface area contributed by atoms with Crippen LogP contribution in [0.5, 0.6) is 5.75 Å². The van der Waals surface area contributed by atoms with Crippen molar-refractivity contribution in [2.75, 3.05) is 6.61 Å².